The van der Waals surface area contributed by atoms with Gasteiger partial charge in [-0.1, -0.05) is 62.9 Å². The van der Waals surface area contributed by atoms with Crippen molar-refractivity contribution in [1.82, 2.24) is 0 Å². The summed E-state index contributed by atoms with van der Waals surface area (Å²) in [5.74, 6) is 0.615. The predicted molar refractivity (Wildman–Crippen MR) is 71.7 cm³/mol. The minimum Gasteiger partial charge on any atom is -0.381 e. The molecule has 2 heteroatoms. The summed E-state index contributed by atoms with van der Waals surface area (Å²) < 4.78 is 5.73. The second-order valence-electron chi connectivity index (χ2n) is 5.35. The highest BCUT2D eigenvalue weighted by atomic mass is 79.9. The smallest absolute Gasteiger partial charge is 0.0507 e. The van der Waals surface area contributed by atoms with Gasteiger partial charge >= 0.3 is 0 Å². The lowest BCUT2D eigenvalue weighted by Crippen LogP contribution is -2.26. The second kappa shape index (κ2) is 8.58. The van der Waals surface area contributed by atoms with Crippen LogP contribution in [0.25, 0.3) is 0 Å². The average Bonchev–Trinajstić information content (AvgIpc) is 2.15. The van der Waals surface area contributed by atoms with Crippen molar-refractivity contribution >= 4 is 15.9 Å². The van der Waals surface area contributed by atoms with Gasteiger partial charge in [-0.25, -0.2) is 0 Å². The van der Waals surface area contributed by atoms with Gasteiger partial charge in [0.1, 0.15) is 0 Å². The summed E-state index contributed by atoms with van der Waals surface area (Å²) in [6, 6.07) is 0. The zero-order valence-corrected chi connectivity index (χ0v) is 12.4. The van der Waals surface area contributed by atoms with Crippen molar-refractivity contribution < 1.29 is 4.74 Å². The first-order chi connectivity index (χ1) is 7.02. The lowest BCUT2D eigenvalue weighted by Gasteiger charge is -2.28. The van der Waals surface area contributed by atoms with Gasteiger partial charge in [0.15, 0.2) is 0 Å². The van der Waals surface area contributed by atoms with Crippen LogP contribution in [0.15, 0.2) is 0 Å². The van der Waals surface area contributed by atoms with Gasteiger partial charge in [0.25, 0.3) is 0 Å². The molecule has 1 atom stereocenters. The number of unbranched alkanes of at least 4 members (excludes halogenated alkanes) is 3. The van der Waals surface area contributed by atoms with E-state index in [1.807, 2.05) is 0 Å². The Kier molecular flexibility index (Phi) is 8.83. The average molecular weight is 279 g/mol. The van der Waals surface area contributed by atoms with Gasteiger partial charge in [-0.15, -0.1) is 0 Å². The molecule has 92 valence electrons. The monoisotopic (exact) mass is 278 g/mol. The lowest BCUT2D eigenvalue weighted by atomic mass is 9.83. The maximum Gasteiger partial charge on any atom is 0.0507 e. The first kappa shape index (κ1) is 15.4. The summed E-state index contributed by atoms with van der Waals surface area (Å²) in [6.45, 7) is 10.9. The van der Waals surface area contributed by atoms with Crippen molar-refractivity contribution in [1.29, 1.82) is 0 Å². The molecule has 0 fully saturated rings. The van der Waals surface area contributed by atoms with Crippen LogP contribution in [0, 0.1) is 11.3 Å². The molecule has 0 aromatic heterocycles. The van der Waals surface area contributed by atoms with E-state index in [-0.39, 0.29) is 0 Å². The van der Waals surface area contributed by atoms with Crippen LogP contribution in [-0.2, 0) is 4.74 Å². The van der Waals surface area contributed by atoms with E-state index in [2.05, 4.69) is 43.6 Å². The fourth-order valence-electron chi connectivity index (χ4n) is 1.38. The van der Waals surface area contributed by atoms with Crippen LogP contribution in [0.2, 0.25) is 0 Å². The molecular weight excluding hydrogens is 252 g/mol. The first-order valence-electron chi connectivity index (χ1n) is 6.16. The highest BCUT2D eigenvalue weighted by molar-refractivity contribution is 9.09. The van der Waals surface area contributed by atoms with Crippen LogP contribution < -0.4 is 0 Å². The number of rotatable bonds is 8. The third-order valence-corrected chi connectivity index (χ3v) is 3.65. The third-order valence-electron chi connectivity index (χ3n) is 2.87. The molecule has 15 heavy (non-hydrogen) atoms. The Bertz CT molecular complexity index is 140. The number of hydrogen-bond acceptors (Lipinski definition) is 1. The Hall–Kier alpha value is 0.440. The molecule has 0 aliphatic rings. The Morgan fingerprint density at radius 2 is 1.80 bits per heavy atom. The number of ether oxygens (including phenoxy) is 1. The zero-order chi connectivity index (χ0) is 11.7. The fourth-order valence-corrected chi connectivity index (χ4v) is 2.54. The van der Waals surface area contributed by atoms with Crippen LogP contribution in [0.4, 0.5) is 0 Å². The van der Waals surface area contributed by atoms with Gasteiger partial charge in [-0.2, -0.15) is 0 Å². The largest absolute Gasteiger partial charge is 0.381 e. The van der Waals surface area contributed by atoms with Crippen LogP contribution in [0.1, 0.15) is 53.4 Å². The highest BCUT2D eigenvalue weighted by Crippen LogP contribution is 2.27. The van der Waals surface area contributed by atoms with E-state index < -0.39 is 0 Å². The Labute approximate surface area is 104 Å². The molecule has 0 N–H and O–H groups in total. The summed E-state index contributed by atoms with van der Waals surface area (Å²) in [5.41, 5.74) is 0.340. The number of halogens is 1. The van der Waals surface area contributed by atoms with Gasteiger partial charge in [0.2, 0.25) is 0 Å². The summed E-state index contributed by atoms with van der Waals surface area (Å²) in [6.07, 6.45) is 5.16. The summed E-state index contributed by atoms with van der Waals surface area (Å²) >= 11 is 3.57. The molecule has 0 heterocycles. The minimum atomic E-state index is 0.340. The maximum absolute atomic E-state index is 5.73. The highest BCUT2D eigenvalue weighted by Gasteiger charge is 2.23. The Balaban J connectivity index is 3.48. The molecule has 1 unspecified atom stereocenters. The fraction of sp³-hybridized carbons (Fsp3) is 1.00. The lowest BCUT2D eigenvalue weighted by molar-refractivity contribution is 0.0644. The van der Waals surface area contributed by atoms with E-state index in [9.17, 15) is 0 Å². The minimum absolute atomic E-state index is 0.340. The van der Waals surface area contributed by atoms with Crippen molar-refractivity contribution in [3.8, 4) is 0 Å². The third kappa shape index (κ3) is 8.27. The standard InChI is InChI=1S/C13H27BrO/c1-5-6-7-8-9-15-11-12(10-14)13(2,3)4/h12H,5-11H2,1-4H3. The van der Waals surface area contributed by atoms with Crippen LogP contribution >= 0.6 is 15.9 Å². The Morgan fingerprint density at radius 3 is 2.27 bits per heavy atom. The Morgan fingerprint density at radius 1 is 1.13 bits per heavy atom. The SMILES string of the molecule is CCCCCCOCC(CBr)C(C)(C)C. The molecule has 0 bridgehead atoms. The molecule has 0 radical (unpaired) electrons. The zero-order valence-electron chi connectivity index (χ0n) is 10.8. The van der Waals surface area contributed by atoms with Crippen LogP contribution in [-0.4, -0.2) is 18.5 Å². The molecule has 0 aliphatic heterocycles. The first-order valence-corrected chi connectivity index (χ1v) is 7.28. The number of alkyl halides is 1. The molecule has 0 aromatic carbocycles. The molecular formula is C13H27BrO. The molecule has 0 rings (SSSR count). The predicted octanol–water partition coefficient (Wildman–Crippen LogP) is 4.64. The summed E-state index contributed by atoms with van der Waals surface area (Å²) in [7, 11) is 0. The van der Waals surface area contributed by atoms with Crippen LogP contribution in [0.5, 0.6) is 0 Å². The normalized spacial score (nSPS) is 14.2. The van der Waals surface area contributed by atoms with Gasteiger partial charge < -0.3 is 4.74 Å². The summed E-state index contributed by atoms with van der Waals surface area (Å²) in [5, 5.41) is 1.03. The quantitative estimate of drug-likeness (QED) is 0.464. The van der Waals surface area contributed by atoms with Gasteiger partial charge in [0.05, 0.1) is 6.61 Å². The van der Waals surface area contributed by atoms with E-state index in [0.29, 0.717) is 11.3 Å². The van der Waals surface area contributed by atoms with Gasteiger partial charge in [-0.05, 0) is 17.8 Å². The molecule has 0 aliphatic carbocycles. The maximum atomic E-state index is 5.73. The van der Waals surface area contributed by atoms with Crippen molar-refractivity contribution in [2.45, 2.75) is 53.4 Å². The van der Waals surface area contributed by atoms with E-state index in [1.54, 1.807) is 0 Å². The van der Waals surface area contributed by atoms with E-state index in [4.69, 9.17) is 4.74 Å². The van der Waals surface area contributed by atoms with Crippen molar-refractivity contribution in [3.05, 3.63) is 0 Å². The van der Waals surface area contributed by atoms with Crippen molar-refractivity contribution in [2.24, 2.45) is 11.3 Å². The molecule has 0 aromatic rings. The molecule has 1 nitrogen and oxygen atoms in total. The van der Waals surface area contributed by atoms with E-state index in [1.165, 1.54) is 25.7 Å². The van der Waals surface area contributed by atoms with Gasteiger partial charge in [-0.3, -0.25) is 0 Å². The van der Waals surface area contributed by atoms with Crippen molar-refractivity contribution in [2.75, 3.05) is 18.5 Å². The second-order valence-corrected chi connectivity index (χ2v) is 6.00. The summed E-state index contributed by atoms with van der Waals surface area (Å²) in [4.78, 5) is 0. The van der Waals surface area contributed by atoms with Crippen molar-refractivity contribution in [3.63, 3.8) is 0 Å². The van der Waals surface area contributed by atoms with Crippen LogP contribution in [0.3, 0.4) is 0 Å². The van der Waals surface area contributed by atoms with E-state index >= 15 is 0 Å². The molecule has 0 amide bonds. The molecule has 0 saturated carbocycles. The van der Waals surface area contributed by atoms with Gasteiger partial charge in [0, 0.05) is 11.9 Å². The van der Waals surface area contributed by atoms with E-state index in [0.717, 1.165) is 18.5 Å². The molecule has 0 spiro atoms. The number of hydrogen-bond donors (Lipinski definition) is 0. The topological polar surface area (TPSA) is 9.23 Å². The molecule has 0 saturated heterocycles.